The molecule has 0 aliphatic carbocycles. The van der Waals surface area contributed by atoms with Gasteiger partial charge in [0.05, 0.1) is 11.9 Å². The fourth-order valence-electron chi connectivity index (χ4n) is 1.50. The Morgan fingerprint density at radius 1 is 1.57 bits per heavy atom. The molecule has 0 radical (unpaired) electrons. The first-order valence-electron chi connectivity index (χ1n) is 4.57. The van der Waals surface area contributed by atoms with Gasteiger partial charge in [0, 0.05) is 12.7 Å². The highest BCUT2D eigenvalue weighted by Gasteiger charge is 2.10. The van der Waals surface area contributed by atoms with Crippen molar-refractivity contribution in [1.82, 2.24) is 14.7 Å². The number of pyridine rings is 1. The SMILES string of the molecule is CNCC(O)c1cnc2ccccn12. The van der Waals surface area contributed by atoms with Gasteiger partial charge in [0.1, 0.15) is 11.8 Å². The fraction of sp³-hybridized carbons (Fsp3) is 0.300. The first-order valence-corrected chi connectivity index (χ1v) is 4.57. The Balaban J connectivity index is 2.42. The number of rotatable bonds is 3. The molecule has 2 heterocycles. The molecule has 1 atom stereocenters. The van der Waals surface area contributed by atoms with Crippen LogP contribution in [-0.4, -0.2) is 28.1 Å². The molecule has 0 saturated carbocycles. The van der Waals surface area contributed by atoms with Crippen LogP contribution in [0.5, 0.6) is 0 Å². The smallest absolute Gasteiger partial charge is 0.136 e. The molecule has 4 nitrogen and oxygen atoms in total. The Kier molecular flexibility index (Phi) is 2.47. The molecule has 0 amide bonds. The topological polar surface area (TPSA) is 49.6 Å². The second-order valence-corrected chi connectivity index (χ2v) is 3.19. The molecule has 2 rings (SSSR count). The molecular formula is C10H13N3O. The highest BCUT2D eigenvalue weighted by molar-refractivity contribution is 5.40. The van der Waals surface area contributed by atoms with Gasteiger partial charge in [0.2, 0.25) is 0 Å². The number of nitrogens with one attached hydrogen (secondary N) is 1. The monoisotopic (exact) mass is 191 g/mol. The molecule has 0 aliphatic heterocycles. The second-order valence-electron chi connectivity index (χ2n) is 3.19. The van der Waals surface area contributed by atoms with Gasteiger partial charge >= 0.3 is 0 Å². The Labute approximate surface area is 82.2 Å². The van der Waals surface area contributed by atoms with E-state index >= 15 is 0 Å². The Morgan fingerprint density at radius 3 is 3.21 bits per heavy atom. The highest BCUT2D eigenvalue weighted by Crippen LogP contribution is 2.13. The van der Waals surface area contributed by atoms with Crippen LogP contribution in [-0.2, 0) is 0 Å². The van der Waals surface area contributed by atoms with E-state index in [4.69, 9.17) is 0 Å². The molecule has 0 fully saturated rings. The minimum absolute atomic E-state index is 0.516. The highest BCUT2D eigenvalue weighted by atomic mass is 16.3. The van der Waals surface area contributed by atoms with E-state index in [-0.39, 0.29) is 0 Å². The molecule has 14 heavy (non-hydrogen) atoms. The van der Waals surface area contributed by atoms with Crippen LogP contribution in [0.15, 0.2) is 30.6 Å². The van der Waals surface area contributed by atoms with E-state index in [0.29, 0.717) is 6.54 Å². The van der Waals surface area contributed by atoms with Crippen molar-refractivity contribution in [3.8, 4) is 0 Å². The van der Waals surface area contributed by atoms with Gasteiger partial charge in [-0.2, -0.15) is 0 Å². The van der Waals surface area contributed by atoms with Crippen LogP contribution >= 0.6 is 0 Å². The van der Waals surface area contributed by atoms with Gasteiger partial charge in [-0.15, -0.1) is 0 Å². The van der Waals surface area contributed by atoms with Crippen LogP contribution in [0.25, 0.3) is 5.65 Å². The van der Waals surface area contributed by atoms with E-state index < -0.39 is 6.10 Å². The number of aliphatic hydroxyl groups is 1. The molecular weight excluding hydrogens is 178 g/mol. The van der Waals surface area contributed by atoms with Gasteiger partial charge in [-0.3, -0.25) is 0 Å². The van der Waals surface area contributed by atoms with E-state index in [1.165, 1.54) is 0 Å². The lowest BCUT2D eigenvalue weighted by molar-refractivity contribution is 0.172. The van der Waals surface area contributed by atoms with Crippen molar-refractivity contribution >= 4 is 5.65 Å². The third-order valence-corrected chi connectivity index (χ3v) is 2.18. The summed E-state index contributed by atoms with van der Waals surface area (Å²) in [4.78, 5) is 4.20. The number of fused-ring (bicyclic) bond motifs is 1. The van der Waals surface area contributed by atoms with Crippen LogP contribution in [0, 0.1) is 0 Å². The molecule has 0 aliphatic rings. The first-order chi connectivity index (χ1) is 6.83. The summed E-state index contributed by atoms with van der Waals surface area (Å²) in [7, 11) is 1.81. The summed E-state index contributed by atoms with van der Waals surface area (Å²) in [5.41, 5.74) is 1.67. The van der Waals surface area contributed by atoms with Gasteiger partial charge in [-0.25, -0.2) is 4.98 Å². The van der Waals surface area contributed by atoms with Crippen LogP contribution in [0.4, 0.5) is 0 Å². The van der Waals surface area contributed by atoms with Crippen molar-refractivity contribution in [2.75, 3.05) is 13.6 Å². The molecule has 1 unspecified atom stereocenters. The lowest BCUT2D eigenvalue weighted by atomic mass is 10.2. The summed E-state index contributed by atoms with van der Waals surface area (Å²) in [6, 6.07) is 5.76. The summed E-state index contributed by atoms with van der Waals surface area (Å²) in [5.74, 6) is 0. The second kappa shape index (κ2) is 3.77. The maximum Gasteiger partial charge on any atom is 0.136 e. The number of nitrogens with zero attached hydrogens (tertiary/aromatic N) is 2. The molecule has 0 aromatic carbocycles. The molecule has 0 saturated heterocycles. The normalized spacial score (nSPS) is 13.3. The molecule has 0 spiro atoms. The maximum absolute atomic E-state index is 9.78. The Morgan fingerprint density at radius 2 is 2.43 bits per heavy atom. The van der Waals surface area contributed by atoms with Crippen LogP contribution in [0.2, 0.25) is 0 Å². The standard InChI is InChI=1S/C10H13N3O/c1-11-7-9(14)8-6-12-10-4-2-3-5-13(8)10/h2-6,9,11,14H,7H2,1H3. The van der Waals surface area contributed by atoms with Gasteiger partial charge in [-0.1, -0.05) is 6.07 Å². The third-order valence-electron chi connectivity index (χ3n) is 2.18. The van der Waals surface area contributed by atoms with E-state index in [1.54, 1.807) is 6.20 Å². The van der Waals surface area contributed by atoms with Gasteiger partial charge in [0.25, 0.3) is 0 Å². The minimum atomic E-state index is -0.516. The summed E-state index contributed by atoms with van der Waals surface area (Å²) >= 11 is 0. The third kappa shape index (κ3) is 1.49. The van der Waals surface area contributed by atoms with Crippen molar-refractivity contribution < 1.29 is 5.11 Å². The number of aliphatic hydroxyl groups excluding tert-OH is 1. The van der Waals surface area contributed by atoms with E-state index in [9.17, 15) is 5.11 Å². The number of aromatic nitrogens is 2. The molecule has 2 aromatic rings. The summed E-state index contributed by atoms with van der Waals surface area (Å²) in [6.07, 6.45) is 3.09. The lowest BCUT2D eigenvalue weighted by Gasteiger charge is -2.08. The summed E-state index contributed by atoms with van der Waals surface area (Å²) < 4.78 is 1.89. The largest absolute Gasteiger partial charge is 0.385 e. The van der Waals surface area contributed by atoms with E-state index in [0.717, 1.165) is 11.3 Å². The zero-order chi connectivity index (χ0) is 9.97. The zero-order valence-corrected chi connectivity index (χ0v) is 8.01. The summed E-state index contributed by atoms with van der Waals surface area (Å²) in [5, 5.41) is 12.7. The predicted molar refractivity (Wildman–Crippen MR) is 54.1 cm³/mol. The quantitative estimate of drug-likeness (QED) is 0.746. The molecule has 2 N–H and O–H groups in total. The summed E-state index contributed by atoms with van der Waals surface area (Å²) in [6.45, 7) is 0.530. The van der Waals surface area contributed by atoms with Gasteiger partial charge in [-0.05, 0) is 19.2 Å². The van der Waals surface area contributed by atoms with E-state index in [2.05, 4.69) is 10.3 Å². The van der Waals surface area contributed by atoms with Crippen LogP contribution in [0.1, 0.15) is 11.8 Å². The van der Waals surface area contributed by atoms with Gasteiger partial charge in [0.15, 0.2) is 0 Å². The van der Waals surface area contributed by atoms with E-state index in [1.807, 2.05) is 35.8 Å². The number of hydrogen-bond donors (Lipinski definition) is 2. The first kappa shape index (κ1) is 9.18. The zero-order valence-electron chi connectivity index (χ0n) is 8.01. The molecule has 4 heteroatoms. The fourth-order valence-corrected chi connectivity index (χ4v) is 1.50. The number of imidazole rings is 1. The average Bonchev–Trinajstić information content (AvgIpc) is 2.61. The Hall–Kier alpha value is -1.39. The average molecular weight is 191 g/mol. The number of hydrogen-bond acceptors (Lipinski definition) is 3. The number of likely N-dealkylation sites (N-methyl/N-ethyl adjacent to an activating group) is 1. The van der Waals surface area contributed by atoms with Crippen LogP contribution in [0.3, 0.4) is 0 Å². The molecule has 0 bridgehead atoms. The van der Waals surface area contributed by atoms with Crippen molar-refractivity contribution in [2.24, 2.45) is 0 Å². The molecule has 74 valence electrons. The lowest BCUT2D eigenvalue weighted by Crippen LogP contribution is -2.17. The van der Waals surface area contributed by atoms with Crippen molar-refractivity contribution in [3.63, 3.8) is 0 Å². The van der Waals surface area contributed by atoms with Gasteiger partial charge < -0.3 is 14.8 Å². The maximum atomic E-state index is 9.78. The van der Waals surface area contributed by atoms with Crippen LogP contribution < -0.4 is 5.32 Å². The minimum Gasteiger partial charge on any atom is -0.385 e. The van der Waals surface area contributed by atoms with Crippen molar-refractivity contribution in [1.29, 1.82) is 0 Å². The van der Waals surface area contributed by atoms with Crippen molar-refractivity contribution in [3.05, 3.63) is 36.3 Å². The van der Waals surface area contributed by atoms with Crippen molar-refractivity contribution in [2.45, 2.75) is 6.10 Å². The predicted octanol–water partition coefficient (Wildman–Crippen LogP) is 0.587. The molecule has 2 aromatic heterocycles. The Bertz CT molecular complexity index is 424.